The Morgan fingerprint density at radius 1 is 0.513 bits per heavy atom. The third kappa shape index (κ3) is 13.8. The van der Waals surface area contributed by atoms with Gasteiger partial charge >= 0.3 is 17.9 Å². The van der Waals surface area contributed by atoms with E-state index in [2.05, 4.69) is 19.1 Å². The lowest BCUT2D eigenvalue weighted by Gasteiger charge is -2.50. The lowest BCUT2D eigenvalue weighted by molar-refractivity contribution is -0.973. The van der Waals surface area contributed by atoms with Gasteiger partial charge in [-0.05, 0) is 51.4 Å². The zero-order chi connectivity index (χ0) is 29.5. The van der Waals surface area contributed by atoms with Gasteiger partial charge in [-0.25, -0.2) is 14.4 Å². The SMILES string of the molecule is CCC/C=C/CCCCCCCCCCCC[N+](C(CCC)C(=O)O)(C(CCC)C(=O)O)C(CCC)C(=O)O. The van der Waals surface area contributed by atoms with Crippen molar-refractivity contribution in [2.45, 2.75) is 168 Å². The van der Waals surface area contributed by atoms with Crippen molar-refractivity contribution in [2.75, 3.05) is 6.54 Å². The molecule has 0 aliphatic carbocycles. The van der Waals surface area contributed by atoms with Crippen LogP contribution < -0.4 is 0 Å². The second kappa shape index (κ2) is 22.9. The van der Waals surface area contributed by atoms with Gasteiger partial charge in [0.05, 0.1) is 6.54 Å². The molecule has 3 unspecified atom stereocenters. The molecule has 0 bridgehead atoms. The molecule has 0 heterocycles. The molecule has 0 saturated carbocycles. The van der Waals surface area contributed by atoms with Gasteiger partial charge in [-0.3, -0.25) is 4.48 Å². The second-order valence-electron chi connectivity index (χ2n) is 11.2. The quantitative estimate of drug-likeness (QED) is 0.0536. The smallest absolute Gasteiger partial charge is 0.362 e. The van der Waals surface area contributed by atoms with E-state index in [9.17, 15) is 29.7 Å². The van der Waals surface area contributed by atoms with Crippen LogP contribution in [0.5, 0.6) is 0 Å². The number of unbranched alkanes of at least 4 members (excludes halogenated alkanes) is 11. The van der Waals surface area contributed by atoms with Gasteiger partial charge < -0.3 is 15.3 Å². The summed E-state index contributed by atoms with van der Waals surface area (Å²) in [4.78, 5) is 37.7. The summed E-state index contributed by atoms with van der Waals surface area (Å²) in [5.41, 5.74) is 0. The number of nitrogens with zero attached hydrogens (tertiary/aromatic N) is 1. The van der Waals surface area contributed by atoms with Gasteiger partial charge in [0.2, 0.25) is 0 Å². The van der Waals surface area contributed by atoms with Crippen LogP contribution in [-0.2, 0) is 14.4 Å². The first-order valence-electron chi connectivity index (χ1n) is 15.9. The van der Waals surface area contributed by atoms with Gasteiger partial charge in [-0.1, -0.05) is 91.2 Å². The molecule has 0 saturated heterocycles. The van der Waals surface area contributed by atoms with Crippen molar-refractivity contribution in [3.8, 4) is 0 Å². The summed E-state index contributed by atoms with van der Waals surface area (Å²) in [6.07, 6.45) is 21.7. The average Bonchev–Trinajstić information content (AvgIpc) is 2.89. The molecule has 0 aromatic heterocycles. The van der Waals surface area contributed by atoms with E-state index < -0.39 is 36.0 Å². The number of carboxylic acid groups (broad SMARTS) is 3. The summed E-state index contributed by atoms with van der Waals surface area (Å²) < 4.78 is -0.372. The number of carbonyl (C=O) groups is 3. The zero-order valence-corrected chi connectivity index (χ0v) is 25.5. The minimum Gasteiger partial charge on any atom is -0.477 e. The molecular formula is C32H60NO6+. The Morgan fingerprint density at radius 2 is 0.846 bits per heavy atom. The van der Waals surface area contributed by atoms with E-state index in [4.69, 9.17) is 0 Å². The molecule has 0 aromatic rings. The highest BCUT2D eigenvalue weighted by molar-refractivity contribution is 5.78. The van der Waals surface area contributed by atoms with Gasteiger partial charge in [0, 0.05) is 19.3 Å². The van der Waals surface area contributed by atoms with E-state index in [1.54, 1.807) is 0 Å². The highest BCUT2D eigenvalue weighted by Gasteiger charge is 2.56. The molecule has 7 heteroatoms. The first-order chi connectivity index (χ1) is 18.7. The van der Waals surface area contributed by atoms with Crippen LogP contribution in [0, 0.1) is 0 Å². The normalized spacial score (nSPS) is 15.6. The van der Waals surface area contributed by atoms with Crippen molar-refractivity contribution in [1.29, 1.82) is 0 Å². The number of aliphatic carboxylic acids is 3. The fraction of sp³-hybridized carbons (Fsp3) is 0.844. The monoisotopic (exact) mass is 554 g/mol. The maximum absolute atomic E-state index is 12.6. The second-order valence-corrected chi connectivity index (χ2v) is 11.2. The third-order valence-electron chi connectivity index (χ3n) is 8.07. The molecule has 39 heavy (non-hydrogen) atoms. The molecular weight excluding hydrogens is 494 g/mol. The Kier molecular flexibility index (Phi) is 21.8. The standard InChI is InChI=1S/C32H59NO6/c1-5-9-10-11-12-13-14-15-16-17-18-19-20-21-22-26-33(27(23-6-2)30(34)35,28(24-7-3)31(36)37)29(25-8-4)32(38)39/h10-11,27-29H,5-9,12-26H2,1-4H3,(H2-,34,35,36,37,38,39)/p+1/b11-10+. The van der Waals surface area contributed by atoms with Crippen molar-refractivity contribution in [3.05, 3.63) is 12.2 Å². The molecule has 0 rings (SSSR count). The molecule has 0 fully saturated rings. The van der Waals surface area contributed by atoms with Gasteiger partial charge in [0.25, 0.3) is 0 Å². The third-order valence-corrected chi connectivity index (χ3v) is 8.07. The van der Waals surface area contributed by atoms with E-state index in [1.165, 1.54) is 57.8 Å². The number of hydrogen-bond acceptors (Lipinski definition) is 3. The van der Waals surface area contributed by atoms with Crippen LogP contribution in [0.1, 0.15) is 150 Å². The molecule has 0 aliphatic heterocycles. The first kappa shape index (κ1) is 37.1. The van der Waals surface area contributed by atoms with E-state index in [-0.39, 0.29) is 30.3 Å². The van der Waals surface area contributed by atoms with Crippen molar-refractivity contribution < 1.29 is 34.2 Å². The van der Waals surface area contributed by atoms with Crippen LogP contribution in [0.4, 0.5) is 0 Å². The summed E-state index contributed by atoms with van der Waals surface area (Å²) >= 11 is 0. The fourth-order valence-electron chi connectivity index (χ4n) is 6.11. The molecule has 0 spiro atoms. The summed E-state index contributed by atoms with van der Waals surface area (Å²) in [6.45, 7) is 8.10. The predicted molar refractivity (Wildman–Crippen MR) is 159 cm³/mol. The number of allylic oxidation sites excluding steroid dienone is 2. The van der Waals surface area contributed by atoms with E-state index >= 15 is 0 Å². The summed E-state index contributed by atoms with van der Waals surface area (Å²) in [5.74, 6) is -3.25. The Labute approximate surface area is 238 Å². The maximum Gasteiger partial charge on any atom is 0.362 e. The number of rotatable bonds is 27. The molecule has 0 amide bonds. The Balaban J connectivity index is 5.20. The van der Waals surface area contributed by atoms with Gasteiger partial charge in [0.1, 0.15) is 0 Å². The first-order valence-corrected chi connectivity index (χ1v) is 15.9. The van der Waals surface area contributed by atoms with Crippen molar-refractivity contribution in [3.63, 3.8) is 0 Å². The van der Waals surface area contributed by atoms with E-state index in [0.717, 1.165) is 19.3 Å². The maximum atomic E-state index is 12.6. The fourth-order valence-corrected chi connectivity index (χ4v) is 6.11. The minimum absolute atomic E-state index is 0.269. The minimum atomic E-state index is -1.08. The van der Waals surface area contributed by atoms with Crippen molar-refractivity contribution in [1.82, 2.24) is 0 Å². The molecule has 228 valence electrons. The highest BCUT2D eigenvalue weighted by Crippen LogP contribution is 2.34. The van der Waals surface area contributed by atoms with Gasteiger partial charge in [0.15, 0.2) is 18.1 Å². The molecule has 0 aromatic carbocycles. The summed E-state index contributed by atoms with van der Waals surface area (Å²) in [5, 5.41) is 30.8. The number of quaternary nitrogens is 1. The summed E-state index contributed by atoms with van der Waals surface area (Å²) in [7, 11) is 0. The van der Waals surface area contributed by atoms with Crippen molar-refractivity contribution in [2.24, 2.45) is 0 Å². The predicted octanol–water partition coefficient (Wildman–Crippen LogP) is 8.21. The largest absolute Gasteiger partial charge is 0.477 e. The van der Waals surface area contributed by atoms with E-state index in [0.29, 0.717) is 25.7 Å². The molecule has 7 nitrogen and oxygen atoms in total. The molecule has 3 atom stereocenters. The van der Waals surface area contributed by atoms with Gasteiger partial charge in [-0.15, -0.1) is 0 Å². The van der Waals surface area contributed by atoms with E-state index in [1.807, 2.05) is 20.8 Å². The highest BCUT2D eigenvalue weighted by atomic mass is 16.4. The number of hydrogen-bond donors (Lipinski definition) is 3. The Hall–Kier alpha value is -1.89. The van der Waals surface area contributed by atoms with Crippen LogP contribution in [-0.4, -0.2) is 62.4 Å². The molecule has 0 aliphatic rings. The lowest BCUT2D eigenvalue weighted by Crippen LogP contribution is -2.72. The van der Waals surface area contributed by atoms with Crippen molar-refractivity contribution >= 4 is 17.9 Å². The van der Waals surface area contributed by atoms with Crippen LogP contribution in [0.25, 0.3) is 0 Å². The number of carboxylic acids is 3. The Bertz CT molecular complexity index is 632. The van der Waals surface area contributed by atoms with Crippen LogP contribution in [0.15, 0.2) is 12.2 Å². The zero-order valence-electron chi connectivity index (χ0n) is 25.5. The lowest BCUT2D eigenvalue weighted by atomic mass is 9.91. The molecule has 3 N–H and O–H groups in total. The Morgan fingerprint density at radius 3 is 1.18 bits per heavy atom. The summed E-state index contributed by atoms with van der Waals surface area (Å²) in [6, 6.07) is -3.13. The van der Waals surface area contributed by atoms with Crippen LogP contribution in [0.2, 0.25) is 0 Å². The topological polar surface area (TPSA) is 112 Å². The van der Waals surface area contributed by atoms with Gasteiger partial charge in [-0.2, -0.15) is 0 Å². The average molecular weight is 555 g/mol. The molecule has 0 radical (unpaired) electrons. The van der Waals surface area contributed by atoms with Crippen LogP contribution >= 0.6 is 0 Å². The van der Waals surface area contributed by atoms with Crippen LogP contribution in [0.3, 0.4) is 0 Å².